The van der Waals surface area contributed by atoms with Gasteiger partial charge in [0.1, 0.15) is 0 Å². The van der Waals surface area contributed by atoms with E-state index in [4.69, 9.17) is 0 Å². The van der Waals surface area contributed by atoms with Gasteiger partial charge in [-0.15, -0.1) is 0 Å². The molecular formula is C21H19F3N2O3S2. The van der Waals surface area contributed by atoms with Crippen LogP contribution >= 0.6 is 11.8 Å². The summed E-state index contributed by atoms with van der Waals surface area (Å²) < 4.78 is 63.8. The van der Waals surface area contributed by atoms with Gasteiger partial charge in [0.15, 0.2) is 15.0 Å². The summed E-state index contributed by atoms with van der Waals surface area (Å²) in [6.45, 7) is 0. The van der Waals surface area contributed by atoms with Gasteiger partial charge in [-0.1, -0.05) is 48.2 Å². The molecular weight excluding hydrogens is 449 g/mol. The smallest absolute Gasteiger partial charge is 0.316 e. The number of sulfone groups is 1. The van der Waals surface area contributed by atoms with E-state index < -0.39 is 33.5 Å². The largest absolute Gasteiger partial charge is 0.416 e. The van der Waals surface area contributed by atoms with Crippen LogP contribution in [0.4, 0.5) is 18.9 Å². The normalized spacial score (nSPS) is 23.8. The summed E-state index contributed by atoms with van der Waals surface area (Å²) in [4.78, 5) is 18.1. The van der Waals surface area contributed by atoms with Crippen LogP contribution < -0.4 is 4.90 Å². The molecule has 4 rings (SSSR count). The van der Waals surface area contributed by atoms with E-state index in [1.54, 1.807) is 0 Å². The molecule has 2 aliphatic rings. The van der Waals surface area contributed by atoms with E-state index in [0.29, 0.717) is 6.42 Å². The number of aryl methyl sites for hydroxylation is 1. The molecule has 0 aromatic heterocycles. The number of alkyl halides is 3. The molecule has 31 heavy (non-hydrogen) atoms. The molecule has 2 aromatic rings. The van der Waals surface area contributed by atoms with Crippen LogP contribution in [0, 0.1) is 0 Å². The lowest BCUT2D eigenvalue weighted by molar-refractivity contribution is -0.137. The molecule has 2 saturated heterocycles. The molecule has 164 valence electrons. The lowest BCUT2D eigenvalue weighted by Crippen LogP contribution is -2.37. The zero-order valence-corrected chi connectivity index (χ0v) is 17.9. The van der Waals surface area contributed by atoms with Crippen molar-refractivity contribution in [2.45, 2.75) is 30.3 Å². The Kier molecular flexibility index (Phi) is 5.87. The number of amidine groups is 1. The molecule has 0 saturated carbocycles. The Morgan fingerprint density at radius 2 is 1.84 bits per heavy atom. The molecule has 2 fully saturated rings. The first-order valence-corrected chi connectivity index (χ1v) is 12.3. The minimum atomic E-state index is -4.53. The van der Waals surface area contributed by atoms with Crippen LogP contribution in [0.25, 0.3) is 0 Å². The number of rotatable bonds is 4. The summed E-state index contributed by atoms with van der Waals surface area (Å²) in [7, 11) is -3.31. The number of benzene rings is 2. The summed E-state index contributed by atoms with van der Waals surface area (Å²) in [5.41, 5.74) is 0.323. The van der Waals surface area contributed by atoms with E-state index >= 15 is 0 Å². The van der Waals surface area contributed by atoms with Gasteiger partial charge in [-0.05, 0) is 30.2 Å². The Bertz CT molecular complexity index is 1120. The summed E-state index contributed by atoms with van der Waals surface area (Å²) in [5, 5.41) is -0.123. The fourth-order valence-electron chi connectivity index (χ4n) is 3.76. The molecule has 0 radical (unpaired) electrons. The number of hydrogen-bond acceptors (Lipinski definition) is 4. The van der Waals surface area contributed by atoms with Crippen molar-refractivity contribution in [2.75, 3.05) is 16.4 Å². The van der Waals surface area contributed by atoms with Gasteiger partial charge in [0.05, 0.1) is 23.1 Å². The van der Waals surface area contributed by atoms with Crippen LogP contribution in [-0.4, -0.2) is 42.3 Å². The molecule has 0 N–H and O–H groups in total. The van der Waals surface area contributed by atoms with E-state index in [9.17, 15) is 26.4 Å². The van der Waals surface area contributed by atoms with Crippen molar-refractivity contribution in [3.05, 3.63) is 65.7 Å². The topological polar surface area (TPSA) is 66.8 Å². The SMILES string of the molecule is O=C(CCc1ccccc1)N=C1S[C@@H]2CS(=O)(=O)C[C@@H]2N1c1cccc(C(F)(F)F)c1. The second kappa shape index (κ2) is 8.31. The van der Waals surface area contributed by atoms with Crippen LogP contribution in [0.5, 0.6) is 0 Å². The third kappa shape index (κ3) is 4.95. The van der Waals surface area contributed by atoms with Crippen molar-refractivity contribution in [3.8, 4) is 0 Å². The van der Waals surface area contributed by atoms with Gasteiger partial charge in [-0.3, -0.25) is 4.79 Å². The third-order valence-electron chi connectivity index (χ3n) is 5.21. The lowest BCUT2D eigenvalue weighted by atomic mass is 10.1. The fraction of sp³-hybridized carbons (Fsp3) is 0.333. The second-order valence-electron chi connectivity index (χ2n) is 7.49. The van der Waals surface area contributed by atoms with Crippen LogP contribution in [0.3, 0.4) is 0 Å². The van der Waals surface area contributed by atoms with Crippen molar-refractivity contribution in [1.29, 1.82) is 0 Å². The number of halogens is 3. The number of thioether (sulfide) groups is 1. The maximum absolute atomic E-state index is 13.2. The molecule has 1 amide bonds. The first-order valence-electron chi connectivity index (χ1n) is 9.61. The first kappa shape index (κ1) is 21.9. The number of amides is 1. The maximum Gasteiger partial charge on any atom is 0.416 e. The Labute approximate surface area is 182 Å². The van der Waals surface area contributed by atoms with Gasteiger partial charge >= 0.3 is 6.18 Å². The van der Waals surface area contributed by atoms with Gasteiger partial charge in [-0.25, -0.2) is 8.42 Å². The predicted octanol–water partition coefficient (Wildman–Crippen LogP) is 3.94. The first-order chi connectivity index (χ1) is 14.6. The summed E-state index contributed by atoms with van der Waals surface area (Å²) in [6, 6.07) is 13.5. The number of aliphatic imine (C=N–C) groups is 1. The van der Waals surface area contributed by atoms with E-state index in [-0.39, 0.29) is 34.0 Å². The predicted molar refractivity (Wildman–Crippen MR) is 115 cm³/mol. The number of carbonyl (C=O) groups excluding carboxylic acids is 1. The summed E-state index contributed by atoms with van der Waals surface area (Å²) in [6.07, 6.45) is -3.89. The number of fused-ring (bicyclic) bond motifs is 1. The fourth-order valence-corrected chi connectivity index (χ4v) is 7.69. The summed E-state index contributed by atoms with van der Waals surface area (Å²) >= 11 is 1.14. The summed E-state index contributed by atoms with van der Waals surface area (Å²) in [5.74, 6) is -0.668. The number of carbonyl (C=O) groups is 1. The Morgan fingerprint density at radius 3 is 2.55 bits per heavy atom. The van der Waals surface area contributed by atoms with E-state index in [0.717, 1.165) is 29.5 Å². The van der Waals surface area contributed by atoms with Crippen molar-refractivity contribution in [1.82, 2.24) is 0 Å². The van der Waals surface area contributed by atoms with Crippen molar-refractivity contribution in [2.24, 2.45) is 4.99 Å². The Morgan fingerprint density at radius 1 is 1.10 bits per heavy atom. The van der Waals surface area contributed by atoms with Crippen LogP contribution in [0.1, 0.15) is 17.5 Å². The number of anilines is 1. The minimum absolute atomic E-state index is 0.0883. The maximum atomic E-state index is 13.2. The highest BCUT2D eigenvalue weighted by molar-refractivity contribution is 8.16. The van der Waals surface area contributed by atoms with Crippen molar-refractivity contribution >= 4 is 38.4 Å². The van der Waals surface area contributed by atoms with E-state index in [2.05, 4.69) is 4.99 Å². The molecule has 0 bridgehead atoms. The molecule has 0 spiro atoms. The van der Waals surface area contributed by atoms with Gasteiger partial charge in [0, 0.05) is 17.4 Å². The molecule has 5 nitrogen and oxygen atoms in total. The molecule has 0 aliphatic carbocycles. The van der Waals surface area contributed by atoms with Crippen LogP contribution in [0.2, 0.25) is 0 Å². The molecule has 2 aromatic carbocycles. The Hall–Kier alpha value is -2.33. The van der Waals surface area contributed by atoms with Crippen molar-refractivity contribution < 1.29 is 26.4 Å². The average molecular weight is 469 g/mol. The van der Waals surface area contributed by atoms with Gasteiger partial charge in [-0.2, -0.15) is 18.2 Å². The molecule has 2 atom stereocenters. The molecule has 2 aliphatic heterocycles. The van der Waals surface area contributed by atoms with Gasteiger partial charge in [0.25, 0.3) is 0 Å². The van der Waals surface area contributed by atoms with Gasteiger partial charge < -0.3 is 4.90 Å². The second-order valence-corrected chi connectivity index (χ2v) is 10.9. The van der Waals surface area contributed by atoms with Crippen LogP contribution in [0.15, 0.2) is 59.6 Å². The Balaban J connectivity index is 1.62. The molecule has 2 heterocycles. The lowest BCUT2D eigenvalue weighted by Gasteiger charge is -2.25. The average Bonchev–Trinajstić information content (AvgIpc) is 3.17. The highest BCUT2D eigenvalue weighted by Gasteiger charge is 2.49. The number of nitrogens with zero attached hydrogens (tertiary/aromatic N) is 2. The highest BCUT2D eigenvalue weighted by atomic mass is 32.2. The van der Waals surface area contributed by atoms with E-state index in [1.165, 1.54) is 17.0 Å². The monoisotopic (exact) mass is 468 g/mol. The zero-order valence-electron chi connectivity index (χ0n) is 16.2. The van der Waals surface area contributed by atoms with Gasteiger partial charge in [0.2, 0.25) is 5.91 Å². The molecule has 0 unspecified atom stereocenters. The molecule has 10 heteroatoms. The third-order valence-corrected chi connectivity index (χ3v) is 8.42. The quantitative estimate of drug-likeness (QED) is 0.680. The van der Waals surface area contributed by atoms with E-state index in [1.807, 2.05) is 30.3 Å². The van der Waals surface area contributed by atoms with Crippen molar-refractivity contribution in [3.63, 3.8) is 0 Å². The highest BCUT2D eigenvalue weighted by Crippen LogP contribution is 2.42. The standard InChI is InChI=1S/C21H19F3N2O3S2/c22-21(23,24)15-7-4-8-16(11-15)26-17-12-31(28,29)13-18(17)30-20(26)25-19(27)10-9-14-5-2-1-3-6-14/h1-8,11,17-18H,9-10,12-13H2/t17-,18+/m0/s1. The zero-order chi connectivity index (χ0) is 22.2. The number of hydrogen-bond donors (Lipinski definition) is 0. The van der Waals surface area contributed by atoms with Crippen LogP contribution in [-0.2, 0) is 27.2 Å². The minimum Gasteiger partial charge on any atom is -0.316 e.